The quantitative estimate of drug-likeness (QED) is 0.731. The van der Waals surface area contributed by atoms with Gasteiger partial charge in [0.05, 0.1) is 9.92 Å². The smallest absolute Gasteiger partial charge is 0.260 e. The van der Waals surface area contributed by atoms with Gasteiger partial charge in [0.1, 0.15) is 17.4 Å². The Morgan fingerprint density at radius 1 is 1.07 bits per heavy atom. The van der Waals surface area contributed by atoms with Crippen molar-refractivity contribution in [3.63, 3.8) is 0 Å². The molecule has 2 aromatic rings. The van der Waals surface area contributed by atoms with E-state index in [1.54, 1.807) is 0 Å². The summed E-state index contributed by atoms with van der Waals surface area (Å²) in [6.45, 7) is 0.264. The maximum Gasteiger partial charge on any atom is 0.260 e. The molecule has 3 rings (SSSR count). The van der Waals surface area contributed by atoms with Gasteiger partial charge in [-0.2, -0.15) is 4.31 Å². The number of carbonyl (C=O) groups is 1. The highest BCUT2D eigenvalue weighted by molar-refractivity contribution is 7.89. The van der Waals surface area contributed by atoms with Crippen molar-refractivity contribution in [3.8, 4) is 5.75 Å². The van der Waals surface area contributed by atoms with Gasteiger partial charge in [-0.3, -0.25) is 4.79 Å². The number of ether oxygens (including phenoxy) is 1. The Morgan fingerprint density at radius 3 is 2.43 bits per heavy atom. The van der Waals surface area contributed by atoms with E-state index < -0.39 is 21.7 Å². The van der Waals surface area contributed by atoms with E-state index in [1.165, 1.54) is 39.5 Å². The predicted octanol–water partition coefficient (Wildman–Crippen LogP) is 2.53. The lowest BCUT2D eigenvalue weighted by molar-refractivity contribution is -0.134. The minimum absolute atomic E-state index is 0.0902. The largest absolute Gasteiger partial charge is 0.484 e. The Balaban J connectivity index is 1.55. The molecule has 1 amide bonds. The molecule has 2 aromatic carbocycles. The Bertz CT molecular complexity index is 979. The first-order valence-electron chi connectivity index (χ1n) is 8.39. The summed E-state index contributed by atoms with van der Waals surface area (Å²) < 4.78 is 58.1. The first-order valence-corrected chi connectivity index (χ1v) is 10.2. The molecule has 6 nitrogen and oxygen atoms in total. The molecule has 0 spiro atoms. The summed E-state index contributed by atoms with van der Waals surface area (Å²) in [5.41, 5.74) is 0. The van der Waals surface area contributed by atoms with E-state index in [2.05, 4.69) is 0 Å². The molecule has 0 saturated carbocycles. The lowest BCUT2D eigenvalue weighted by Crippen LogP contribution is -2.51. The Hall–Kier alpha value is -2.23. The molecule has 0 unspecified atom stereocenters. The molecule has 0 bridgehead atoms. The highest BCUT2D eigenvalue weighted by atomic mass is 35.5. The maximum atomic E-state index is 13.3. The zero-order chi connectivity index (χ0) is 20.3. The number of hydrogen-bond donors (Lipinski definition) is 0. The van der Waals surface area contributed by atoms with Crippen LogP contribution in [0.25, 0.3) is 0 Å². The van der Waals surface area contributed by atoms with Gasteiger partial charge in [0.2, 0.25) is 10.0 Å². The fourth-order valence-corrected chi connectivity index (χ4v) is 4.38. The van der Waals surface area contributed by atoms with Crippen LogP contribution in [0.3, 0.4) is 0 Å². The van der Waals surface area contributed by atoms with Crippen LogP contribution in [0.15, 0.2) is 47.4 Å². The molecule has 0 atom stereocenters. The number of piperazine rings is 1. The zero-order valence-corrected chi connectivity index (χ0v) is 16.2. The van der Waals surface area contributed by atoms with E-state index >= 15 is 0 Å². The lowest BCUT2D eigenvalue weighted by Gasteiger charge is -2.34. The van der Waals surface area contributed by atoms with Crippen molar-refractivity contribution in [2.45, 2.75) is 4.90 Å². The fourth-order valence-electron chi connectivity index (χ4n) is 2.76. The second kappa shape index (κ2) is 8.42. The summed E-state index contributed by atoms with van der Waals surface area (Å²) in [7, 11) is -3.82. The minimum atomic E-state index is -3.82. The van der Waals surface area contributed by atoms with Crippen LogP contribution in [0.4, 0.5) is 8.78 Å². The van der Waals surface area contributed by atoms with Gasteiger partial charge in [0.25, 0.3) is 5.91 Å². The third-order valence-electron chi connectivity index (χ3n) is 4.28. The summed E-state index contributed by atoms with van der Waals surface area (Å²) in [4.78, 5) is 13.6. The monoisotopic (exact) mass is 430 g/mol. The third kappa shape index (κ3) is 4.60. The van der Waals surface area contributed by atoms with Crippen molar-refractivity contribution < 1.29 is 26.7 Å². The van der Waals surface area contributed by atoms with Crippen molar-refractivity contribution >= 4 is 27.5 Å². The fraction of sp³-hybridized carbons (Fsp3) is 0.278. The van der Waals surface area contributed by atoms with E-state index in [0.29, 0.717) is 0 Å². The van der Waals surface area contributed by atoms with E-state index in [9.17, 15) is 22.0 Å². The van der Waals surface area contributed by atoms with Gasteiger partial charge in [-0.1, -0.05) is 17.7 Å². The molecule has 1 saturated heterocycles. The Labute approximate surface area is 166 Å². The molecule has 0 N–H and O–H groups in total. The average molecular weight is 431 g/mol. The van der Waals surface area contributed by atoms with Crippen LogP contribution >= 0.6 is 11.6 Å². The highest BCUT2D eigenvalue weighted by Gasteiger charge is 2.30. The second-order valence-corrected chi connectivity index (χ2v) is 8.45. The molecule has 0 aromatic heterocycles. The van der Waals surface area contributed by atoms with Crippen LogP contribution in [-0.4, -0.2) is 56.3 Å². The lowest BCUT2D eigenvalue weighted by atomic mass is 10.3. The molecule has 0 radical (unpaired) electrons. The van der Waals surface area contributed by atoms with Gasteiger partial charge >= 0.3 is 0 Å². The molecule has 0 aliphatic carbocycles. The zero-order valence-electron chi connectivity index (χ0n) is 14.6. The van der Waals surface area contributed by atoms with Gasteiger partial charge in [-0.05, 0) is 30.3 Å². The summed E-state index contributed by atoms with van der Waals surface area (Å²) in [5, 5.41) is -0.110. The molecule has 28 heavy (non-hydrogen) atoms. The normalized spacial score (nSPS) is 15.5. The van der Waals surface area contributed by atoms with Crippen LogP contribution in [0.2, 0.25) is 5.02 Å². The van der Waals surface area contributed by atoms with E-state index in [1.807, 2.05) is 0 Å². The highest BCUT2D eigenvalue weighted by Crippen LogP contribution is 2.21. The van der Waals surface area contributed by atoms with Gasteiger partial charge in [-0.15, -0.1) is 0 Å². The summed E-state index contributed by atoms with van der Waals surface area (Å²) in [5.74, 6) is -1.29. The number of carbonyl (C=O) groups excluding carboxylic acids is 1. The minimum Gasteiger partial charge on any atom is -0.484 e. The number of sulfonamides is 1. The molecule has 10 heteroatoms. The van der Waals surface area contributed by atoms with Gasteiger partial charge in [0, 0.05) is 32.2 Å². The van der Waals surface area contributed by atoms with Gasteiger partial charge in [0.15, 0.2) is 6.61 Å². The van der Waals surface area contributed by atoms with Crippen molar-refractivity contribution in [1.82, 2.24) is 9.21 Å². The Kier molecular flexibility index (Phi) is 6.17. The van der Waals surface area contributed by atoms with Crippen LogP contribution < -0.4 is 4.74 Å². The van der Waals surface area contributed by atoms with E-state index in [-0.39, 0.29) is 54.4 Å². The third-order valence-corrected chi connectivity index (χ3v) is 6.46. The standard InChI is InChI=1S/C18H17ClF2N2O4S/c19-16-11-14(4-5-17(16)21)27-12-18(24)22-6-8-23(9-7-22)28(25,26)15-3-1-2-13(20)10-15/h1-5,10-11H,6-9,12H2. The van der Waals surface area contributed by atoms with Crippen LogP contribution in [0.1, 0.15) is 0 Å². The molecule has 1 heterocycles. The van der Waals surface area contributed by atoms with Crippen molar-refractivity contribution in [2.24, 2.45) is 0 Å². The van der Waals surface area contributed by atoms with Crippen LogP contribution in [0.5, 0.6) is 5.75 Å². The SMILES string of the molecule is O=C(COc1ccc(F)c(Cl)c1)N1CCN(S(=O)(=O)c2cccc(F)c2)CC1. The van der Waals surface area contributed by atoms with Crippen LogP contribution in [0, 0.1) is 11.6 Å². The van der Waals surface area contributed by atoms with Crippen molar-refractivity contribution in [2.75, 3.05) is 32.8 Å². The number of halogens is 3. The van der Waals surface area contributed by atoms with Crippen molar-refractivity contribution in [1.29, 1.82) is 0 Å². The first kappa shape index (κ1) is 20.5. The molecule has 150 valence electrons. The number of rotatable bonds is 5. The molecular weight excluding hydrogens is 414 g/mol. The molecule has 1 fully saturated rings. The second-order valence-electron chi connectivity index (χ2n) is 6.11. The van der Waals surface area contributed by atoms with Crippen molar-refractivity contribution in [3.05, 3.63) is 59.1 Å². The number of benzene rings is 2. The average Bonchev–Trinajstić information content (AvgIpc) is 2.68. The van der Waals surface area contributed by atoms with Crippen LogP contribution in [-0.2, 0) is 14.8 Å². The summed E-state index contributed by atoms with van der Waals surface area (Å²) in [6, 6.07) is 8.57. The number of amides is 1. The van der Waals surface area contributed by atoms with E-state index in [4.69, 9.17) is 16.3 Å². The topological polar surface area (TPSA) is 66.9 Å². The molecule has 1 aliphatic rings. The number of nitrogens with zero attached hydrogens (tertiary/aromatic N) is 2. The number of hydrogen-bond acceptors (Lipinski definition) is 4. The predicted molar refractivity (Wildman–Crippen MR) is 98.6 cm³/mol. The summed E-state index contributed by atoms with van der Waals surface area (Å²) in [6.07, 6.45) is 0. The first-order chi connectivity index (χ1) is 13.3. The maximum absolute atomic E-state index is 13.3. The molecular formula is C18H17ClF2N2O4S. The summed E-state index contributed by atoms with van der Waals surface area (Å²) >= 11 is 5.66. The molecule has 1 aliphatic heterocycles. The Morgan fingerprint density at radius 2 is 1.79 bits per heavy atom. The van der Waals surface area contributed by atoms with Gasteiger partial charge in [-0.25, -0.2) is 17.2 Å². The van der Waals surface area contributed by atoms with Gasteiger partial charge < -0.3 is 9.64 Å². The van der Waals surface area contributed by atoms with E-state index in [0.717, 1.165) is 12.1 Å².